The van der Waals surface area contributed by atoms with Crippen molar-refractivity contribution in [2.24, 2.45) is 0 Å². The fraction of sp³-hybridized carbons (Fsp3) is 0.188. The Morgan fingerprint density at radius 1 is 1.25 bits per heavy atom. The third kappa shape index (κ3) is 3.16. The second-order valence-corrected chi connectivity index (χ2v) is 4.69. The maximum atomic E-state index is 12.2. The van der Waals surface area contributed by atoms with Crippen LogP contribution in [0.5, 0.6) is 0 Å². The van der Waals surface area contributed by atoms with Gasteiger partial charge in [-0.3, -0.25) is 4.79 Å². The van der Waals surface area contributed by atoms with Crippen molar-refractivity contribution < 1.29 is 9.90 Å². The highest BCUT2D eigenvalue weighted by molar-refractivity contribution is 5.95. The number of amides is 1. The quantitative estimate of drug-likeness (QED) is 0.744. The van der Waals surface area contributed by atoms with Gasteiger partial charge >= 0.3 is 0 Å². The van der Waals surface area contributed by atoms with Crippen LogP contribution in [0.4, 0.5) is 5.69 Å². The van der Waals surface area contributed by atoms with E-state index in [4.69, 9.17) is 5.73 Å². The highest BCUT2D eigenvalue weighted by Gasteiger charge is 2.15. The second kappa shape index (κ2) is 6.21. The van der Waals surface area contributed by atoms with Gasteiger partial charge in [0.15, 0.2) is 0 Å². The minimum Gasteiger partial charge on any atom is -0.398 e. The standard InChI is InChI=1S/C16H18N2O2/c1-11-7-8-13(9-14(11)17)16(20)18-15(10-19)12-5-3-2-4-6-12/h2-9,15,19H,10,17H2,1H3,(H,18,20)/t15-/m0/s1. The second-order valence-electron chi connectivity index (χ2n) is 4.69. The van der Waals surface area contributed by atoms with E-state index >= 15 is 0 Å². The molecule has 0 aromatic heterocycles. The van der Waals surface area contributed by atoms with Crippen LogP contribution in [0.25, 0.3) is 0 Å². The number of nitrogens with one attached hydrogen (secondary N) is 1. The highest BCUT2D eigenvalue weighted by atomic mass is 16.3. The van der Waals surface area contributed by atoms with Crippen molar-refractivity contribution >= 4 is 11.6 Å². The van der Waals surface area contributed by atoms with E-state index in [2.05, 4.69) is 5.32 Å². The number of benzene rings is 2. The Labute approximate surface area is 118 Å². The van der Waals surface area contributed by atoms with Crippen LogP contribution in [-0.2, 0) is 0 Å². The molecular weight excluding hydrogens is 252 g/mol. The molecule has 1 amide bonds. The summed E-state index contributed by atoms with van der Waals surface area (Å²) in [6.07, 6.45) is 0. The van der Waals surface area contributed by atoms with Crippen LogP contribution in [0.15, 0.2) is 48.5 Å². The number of nitrogen functional groups attached to an aromatic ring is 1. The molecule has 0 radical (unpaired) electrons. The van der Waals surface area contributed by atoms with E-state index in [1.54, 1.807) is 18.2 Å². The van der Waals surface area contributed by atoms with Gasteiger partial charge < -0.3 is 16.2 Å². The van der Waals surface area contributed by atoms with Crippen molar-refractivity contribution in [2.45, 2.75) is 13.0 Å². The molecule has 0 aliphatic carbocycles. The van der Waals surface area contributed by atoms with E-state index in [0.29, 0.717) is 11.3 Å². The SMILES string of the molecule is Cc1ccc(C(=O)N[C@@H](CO)c2ccccc2)cc1N. The summed E-state index contributed by atoms with van der Waals surface area (Å²) in [5.41, 5.74) is 8.67. The average molecular weight is 270 g/mol. The molecule has 2 aromatic rings. The van der Waals surface area contributed by atoms with Gasteiger partial charge in [0.05, 0.1) is 12.6 Å². The summed E-state index contributed by atoms with van der Waals surface area (Å²) >= 11 is 0. The Balaban J connectivity index is 2.15. The Bertz CT molecular complexity index is 597. The van der Waals surface area contributed by atoms with E-state index in [0.717, 1.165) is 11.1 Å². The van der Waals surface area contributed by atoms with E-state index in [1.165, 1.54) is 0 Å². The number of rotatable bonds is 4. The third-order valence-corrected chi connectivity index (χ3v) is 3.23. The first-order valence-corrected chi connectivity index (χ1v) is 6.44. The first-order chi connectivity index (χ1) is 9.61. The number of anilines is 1. The monoisotopic (exact) mass is 270 g/mol. The Kier molecular flexibility index (Phi) is 4.38. The van der Waals surface area contributed by atoms with Crippen LogP contribution in [0.1, 0.15) is 27.5 Å². The molecular formula is C16H18N2O2. The molecule has 2 aromatic carbocycles. The van der Waals surface area contributed by atoms with Crippen molar-refractivity contribution in [3.05, 3.63) is 65.2 Å². The van der Waals surface area contributed by atoms with E-state index in [-0.39, 0.29) is 12.5 Å². The van der Waals surface area contributed by atoms with Gasteiger partial charge in [0.2, 0.25) is 0 Å². The maximum Gasteiger partial charge on any atom is 0.251 e. The Morgan fingerprint density at radius 3 is 2.55 bits per heavy atom. The molecule has 104 valence electrons. The summed E-state index contributed by atoms with van der Waals surface area (Å²) in [6, 6.07) is 14.1. The molecule has 0 heterocycles. The van der Waals surface area contributed by atoms with Gasteiger partial charge in [-0.1, -0.05) is 36.4 Å². The van der Waals surface area contributed by atoms with Crippen molar-refractivity contribution in [2.75, 3.05) is 12.3 Å². The molecule has 4 N–H and O–H groups in total. The lowest BCUT2D eigenvalue weighted by atomic mass is 10.1. The third-order valence-electron chi connectivity index (χ3n) is 3.23. The number of carbonyl (C=O) groups excluding carboxylic acids is 1. The summed E-state index contributed by atoms with van der Waals surface area (Å²) in [6.45, 7) is 1.73. The number of aliphatic hydroxyl groups excluding tert-OH is 1. The van der Waals surface area contributed by atoms with Crippen LogP contribution >= 0.6 is 0 Å². The van der Waals surface area contributed by atoms with Gasteiger partial charge in [-0.05, 0) is 30.2 Å². The Morgan fingerprint density at radius 2 is 1.95 bits per heavy atom. The largest absolute Gasteiger partial charge is 0.398 e. The molecule has 0 aliphatic heterocycles. The molecule has 0 aliphatic rings. The van der Waals surface area contributed by atoms with Gasteiger partial charge in [-0.15, -0.1) is 0 Å². The summed E-state index contributed by atoms with van der Waals surface area (Å²) in [5, 5.41) is 12.2. The zero-order valence-corrected chi connectivity index (χ0v) is 11.3. The summed E-state index contributed by atoms with van der Waals surface area (Å²) in [5.74, 6) is -0.250. The first kappa shape index (κ1) is 14.1. The van der Waals surface area contributed by atoms with Gasteiger partial charge in [-0.25, -0.2) is 0 Å². The average Bonchev–Trinajstić information content (AvgIpc) is 2.48. The maximum absolute atomic E-state index is 12.2. The van der Waals surface area contributed by atoms with Crippen molar-refractivity contribution in [3.63, 3.8) is 0 Å². The van der Waals surface area contributed by atoms with Crippen LogP contribution < -0.4 is 11.1 Å². The molecule has 0 bridgehead atoms. The Hall–Kier alpha value is -2.33. The molecule has 2 rings (SSSR count). The van der Waals surface area contributed by atoms with E-state index in [1.807, 2.05) is 37.3 Å². The fourth-order valence-corrected chi connectivity index (χ4v) is 1.94. The molecule has 20 heavy (non-hydrogen) atoms. The van der Waals surface area contributed by atoms with Gasteiger partial charge in [0, 0.05) is 11.3 Å². The number of hydrogen-bond acceptors (Lipinski definition) is 3. The van der Waals surface area contributed by atoms with Gasteiger partial charge in [0.25, 0.3) is 5.91 Å². The topological polar surface area (TPSA) is 75.3 Å². The minimum absolute atomic E-state index is 0.156. The summed E-state index contributed by atoms with van der Waals surface area (Å²) in [7, 11) is 0. The molecule has 0 saturated heterocycles. The van der Waals surface area contributed by atoms with Crippen LogP contribution in [0.3, 0.4) is 0 Å². The number of aliphatic hydroxyl groups is 1. The van der Waals surface area contributed by atoms with Crippen LogP contribution in [0, 0.1) is 6.92 Å². The van der Waals surface area contributed by atoms with E-state index in [9.17, 15) is 9.90 Å². The molecule has 0 saturated carbocycles. The minimum atomic E-state index is -0.425. The number of aryl methyl sites for hydroxylation is 1. The summed E-state index contributed by atoms with van der Waals surface area (Å²) in [4.78, 5) is 12.2. The van der Waals surface area contributed by atoms with Crippen LogP contribution in [0.2, 0.25) is 0 Å². The smallest absolute Gasteiger partial charge is 0.251 e. The zero-order chi connectivity index (χ0) is 14.5. The molecule has 0 spiro atoms. The predicted molar refractivity (Wildman–Crippen MR) is 79.3 cm³/mol. The molecule has 1 atom stereocenters. The predicted octanol–water partition coefficient (Wildman–Crippen LogP) is 2.04. The van der Waals surface area contributed by atoms with E-state index < -0.39 is 6.04 Å². The van der Waals surface area contributed by atoms with Crippen molar-refractivity contribution in [3.8, 4) is 0 Å². The lowest BCUT2D eigenvalue weighted by Crippen LogP contribution is -2.30. The number of carbonyl (C=O) groups is 1. The highest BCUT2D eigenvalue weighted by Crippen LogP contribution is 2.16. The molecule has 4 nitrogen and oxygen atoms in total. The number of nitrogens with two attached hydrogens (primary N) is 1. The van der Waals surface area contributed by atoms with Crippen molar-refractivity contribution in [1.82, 2.24) is 5.32 Å². The van der Waals surface area contributed by atoms with Gasteiger partial charge in [-0.2, -0.15) is 0 Å². The number of hydrogen-bond donors (Lipinski definition) is 3. The molecule has 0 fully saturated rings. The molecule has 4 heteroatoms. The lowest BCUT2D eigenvalue weighted by molar-refractivity contribution is 0.0916. The fourth-order valence-electron chi connectivity index (χ4n) is 1.94. The summed E-state index contributed by atoms with van der Waals surface area (Å²) < 4.78 is 0. The normalized spacial score (nSPS) is 11.9. The zero-order valence-electron chi connectivity index (χ0n) is 11.3. The van der Waals surface area contributed by atoms with Crippen molar-refractivity contribution in [1.29, 1.82) is 0 Å². The van der Waals surface area contributed by atoms with Crippen LogP contribution in [-0.4, -0.2) is 17.6 Å². The van der Waals surface area contributed by atoms with Gasteiger partial charge in [0.1, 0.15) is 0 Å². The molecule has 0 unspecified atom stereocenters. The lowest BCUT2D eigenvalue weighted by Gasteiger charge is -2.17. The first-order valence-electron chi connectivity index (χ1n) is 6.44.